The summed E-state index contributed by atoms with van der Waals surface area (Å²) in [6.07, 6.45) is 0.497. The second-order valence-electron chi connectivity index (χ2n) is 6.01. The summed E-state index contributed by atoms with van der Waals surface area (Å²) in [5.74, 6) is 0.670. The zero-order valence-corrected chi connectivity index (χ0v) is 14.2. The zero-order valence-electron chi connectivity index (χ0n) is 13.5. The van der Waals surface area contributed by atoms with E-state index < -0.39 is 0 Å². The maximum Gasteiger partial charge on any atom is 0.256 e. The molecule has 0 unspecified atom stereocenters. The lowest BCUT2D eigenvalue weighted by atomic mass is 10.1. The number of nitrogens with one attached hydrogen (secondary N) is 1. The van der Waals surface area contributed by atoms with Gasteiger partial charge in [-0.3, -0.25) is 9.78 Å². The maximum absolute atomic E-state index is 12.5. The third-order valence-corrected chi connectivity index (χ3v) is 4.71. The molecule has 1 aliphatic heterocycles. The highest BCUT2D eigenvalue weighted by atomic mass is 35.5. The summed E-state index contributed by atoms with van der Waals surface area (Å²) in [5, 5.41) is 0.675. The van der Waals surface area contributed by atoms with Gasteiger partial charge in [0.1, 0.15) is 0 Å². The van der Waals surface area contributed by atoms with Crippen LogP contribution in [0.2, 0.25) is 5.02 Å². The molecule has 1 fully saturated rings. The van der Waals surface area contributed by atoms with Crippen LogP contribution in [0.15, 0.2) is 29.1 Å². The van der Waals surface area contributed by atoms with E-state index in [4.69, 9.17) is 11.6 Å². The Hall–Kier alpha value is -1.85. The van der Waals surface area contributed by atoms with Crippen LogP contribution >= 0.6 is 11.6 Å². The molecule has 0 atom stereocenters. The van der Waals surface area contributed by atoms with Gasteiger partial charge in [0.25, 0.3) is 5.56 Å². The summed E-state index contributed by atoms with van der Waals surface area (Å²) < 4.78 is 0. The highest BCUT2D eigenvalue weighted by Crippen LogP contribution is 2.19. The lowest BCUT2D eigenvalue weighted by Gasteiger charge is -2.32. The number of hydrogen-bond acceptors (Lipinski definition) is 4. The molecule has 1 aromatic heterocycles. The van der Waals surface area contributed by atoms with E-state index in [1.165, 1.54) is 0 Å². The molecule has 1 N–H and O–H groups in total. The van der Waals surface area contributed by atoms with Crippen LogP contribution in [0.3, 0.4) is 0 Å². The normalized spacial score (nSPS) is 15.9. The highest BCUT2D eigenvalue weighted by molar-refractivity contribution is 6.31. The zero-order chi connectivity index (χ0) is 16.4. The van der Waals surface area contributed by atoms with Gasteiger partial charge >= 0.3 is 0 Å². The lowest BCUT2D eigenvalue weighted by molar-refractivity contribution is 0.311. The van der Waals surface area contributed by atoms with Gasteiger partial charge in [-0.15, -0.1) is 0 Å². The van der Waals surface area contributed by atoms with E-state index in [2.05, 4.69) is 26.8 Å². The monoisotopic (exact) mass is 332 g/mol. The molecule has 1 saturated heterocycles. The summed E-state index contributed by atoms with van der Waals surface area (Å²) in [6.45, 7) is 5.60. The number of piperazine rings is 1. The van der Waals surface area contributed by atoms with Crippen LogP contribution in [0.1, 0.15) is 16.8 Å². The Morgan fingerprint density at radius 3 is 2.57 bits per heavy atom. The van der Waals surface area contributed by atoms with Gasteiger partial charge in [-0.25, -0.2) is 4.98 Å². The summed E-state index contributed by atoms with van der Waals surface area (Å²) >= 11 is 6.20. The van der Waals surface area contributed by atoms with Crippen LogP contribution in [-0.2, 0) is 6.42 Å². The fraction of sp³-hybridized carbons (Fsp3) is 0.412. The molecule has 5 nitrogen and oxygen atoms in total. The number of halogens is 1. The van der Waals surface area contributed by atoms with Crippen molar-refractivity contribution in [2.45, 2.75) is 13.3 Å². The van der Waals surface area contributed by atoms with Gasteiger partial charge in [0.05, 0.1) is 5.69 Å². The summed E-state index contributed by atoms with van der Waals surface area (Å²) in [6, 6.07) is 7.59. The number of anilines is 1. The number of aromatic nitrogens is 2. The smallest absolute Gasteiger partial charge is 0.256 e. The molecule has 2 aromatic rings. The Morgan fingerprint density at radius 2 is 1.91 bits per heavy atom. The first kappa shape index (κ1) is 16.0. The number of nitrogens with zero attached hydrogens (tertiary/aromatic N) is 3. The minimum atomic E-state index is -0.0775. The second-order valence-corrected chi connectivity index (χ2v) is 6.42. The Labute approximate surface area is 140 Å². The third kappa shape index (κ3) is 3.57. The highest BCUT2D eigenvalue weighted by Gasteiger charge is 2.18. The topological polar surface area (TPSA) is 52.2 Å². The Morgan fingerprint density at radius 1 is 1.22 bits per heavy atom. The summed E-state index contributed by atoms with van der Waals surface area (Å²) in [4.78, 5) is 24.5. The predicted octanol–water partition coefficient (Wildman–Crippen LogP) is 2.07. The van der Waals surface area contributed by atoms with E-state index >= 15 is 0 Å². The van der Waals surface area contributed by atoms with E-state index in [9.17, 15) is 4.79 Å². The van der Waals surface area contributed by atoms with Crippen molar-refractivity contribution >= 4 is 17.5 Å². The molecular weight excluding hydrogens is 312 g/mol. The molecule has 0 bridgehead atoms. The first-order valence-electron chi connectivity index (χ1n) is 7.81. The molecule has 0 aliphatic carbocycles. The molecule has 1 aromatic carbocycles. The van der Waals surface area contributed by atoms with Gasteiger partial charge in [-0.2, -0.15) is 0 Å². The van der Waals surface area contributed by atoms with Crippen molar-refractivity contribution in [1.82, 2.24) is 14.9 Å². The predicted molar refractivity (Wildman–Crippen MR) is 93.6 cm³/mol. The fourth-order valence-corrected chi connectivity index (χ4v) is 3.01. The Bertz CT molecular complexity index is 750. The van der Waals surface area contributed by atoms with Gasteiger partial charge < -0.3 is 9.80 Å². The fourth-order valence-electron chi connectivity index (χ4n) is 2.80. The Kier molecular flexibility index (Phi) is 4.68. The number of likely N-dealkylation sites (N-methyl/N-ethyl adjacent to an activating group) is 1. The average molecular weight is 333 g/mol. The largest absolute Gasteiger partial charge is 0.340 e. The van der Waals surface area contributed by atoms with Crippen LogP contribution in [0.25, 0.3) is 0 Å². The van der Waals surface area contributed by atoms with Gasteiger partial charge in [0.15, 0.2) is 0 Å². The molecule has 122 valence electrons. The number of aromatic amines is 1. The van der Waals surface area contributed by atoms with Crippen LogP contribution in [0, 0.1) is 6.92 Å². The minimum absolute atomic E-state index is 0.0775. The molecule has 0 amide bonds. The van der Waals surface area contributed by atoms with E-state index in [1.807, 2.05) is 31.2 Å². The van der Waals surface area contributed by atoms with Crippen molar-refractivity contribution in [3.05, 3.63) is 56.5 Å². The first-order valence-corrected chi connectivity index (χ1v) is 8.19. The number of rotatable bonds is 3. The SMILES string of the molecule is Cc1nc(N2CCN(C)CC2)[nH]c(=O)c1Cc1ccccc1Cl. The van der Waals surface area contributed by atoms with Crippen LogP contribution in [0.5, 0.6) is 0 Å². The first-order chi connectivity index (χ1) is 11.0. The molecule has 0 spiro atoms. The van der Waals surface area contributed by atoms with Crippen LogP contribution in [0.4, 0.5) is 5.95 Å². The van der Waals surface area contributed by atoms with Crippen LogP contribution < -0.4 is 10.5 Å². The van der Waals surface area contributed by atoms with Gasteiger partial charge in [-0.05, 0) is 25.6 Å². The minimum Gasteiger partial charge on any atom is -0.340 e. The third-order valence-electron chi connectivity index (χ3n) is 4.34. The van der Waals surface area contributed by atoms with E-state index in [0.717, 1.165) is 37.4 Å². The molecule has 0 radical (unpaired) electrons. The van der Waals surface area contributed by atoms with Gasteiger partial charge in [0.2, 0.25) is 5.95 Å². The van der Waals surface area contributed by atoms with Crippen molar-refractivity contribution in [3.63, 3.8) is 0 Å². The molecule has 2 heterocycles. The van der Waals surface area contributed by atoms with Crippen molar-refractivity contribution in [2.24, 2.45) is 0 Å². The maximum atomic E-state index is 12.5. The van der Waals surface area contributed by atoms with Gasteiger partial charge in [-0.1, -0.05) is 29.8 Å². The molecule has 23 heavy (non-hydrogen) atoms. The van der Waals surface area contributed by atoms with Gasteiger partial charge in [0, 0.05) is 43.2 Å². The summed E-state index contributed by atoms with van der Waals surface area (Å²) in [5.41, 5.74) is 2.31. The number of aryl methyl sites for hydroxylation is 1. The quantitative estimate of drug-likeness (QED) is 0.935. The standard InChI is InChI=1S/C17H21ClN4O/c1-12-14(11-13-5-3-4-6-15(13)18)16(23)20-17(19-12)22-9-7-21(2)8-10-22/h3-6H,7-11H2,1-2H3,(H,19,20,23). The van der Waals surface area contributed by atoms with Crippen molar-refractivity contribution < 1.29 is 0 Å². The van der Waals surface area contributed by atoms with E-state index in [1.54, 1.807) is 0 Å². The molecule has 0 saturated carbocycles. The number of hydrogen-bond donors (Lipinski definition) is 1. The van der Waals surface area contributed by atoms with Crippen LogP contribution in [-0.4, -0.2) is 48.1 Å². The molecule has 3 rings (SSSR count). The van der Waals surface area contributed by atoms with Crippen molar-refractivity contribution in [2.75, 3.05) is 38.1 Å². The summed E-state index contributed by atoms with van der Waals surface area (Å²) in [7, 11) is 2.10. The number of H-pyrrole nitrogens is 1. The lowest BCUT2D eigenvalue weighted by Crippen LogP contribution is -2.45. The molecule has 1 aliphatic rings. The van der Waals surface area contributed by atoms with E-state index in [-0.39, 0.29) is 5.56 Å². The van der Waals surface area contributed by atoms with E-state index in [0.29, 0.717) is 23.0 Å². The molecular formula is C17H21ClN4O. The van der Waals surface area contributed by atoms with Crippen molar-refractivity contribution in [3.8, 4) is 0 Å². The molecule has 6 heteroatoms. The average Bonchev–Trinajstić information content (AvgIpc) is 2.53. The second kappa shape index (κ2) is 6.72. The Balaban J connectivity index is 1.86. The number of benzene rings is 1. The van der Waals surface area contributed by atoms with Crippen molar-refractivity contribution in [1.29, 1.82) is 0 Å².